The van der Waals surface area contributed by atoms with E-state index in [1.807, 2.05) is 62.4 Å². The van der Waals surface area contributed by atoms with Gasteiger partial charge in [-0.25, -0.2) is 0 Å². The number of aryl methyl sites for hydroxylation is 1. The standard InChI is InChI=1S/C18H21NO2/c1-13(2)21-17-10-6-15(7-11-17)18(20)12-5-14-3-8-16(19)9-4-14/h3-4,6-11,13H,5,12,19H2,1-2H3. The maximum atomic E-state index is 12.2. The number of carbonyl (C=O) groups is 1. The van der Waals surface area contributed by atoms with E-state index in [2.05, 4.69) is 0 Å². The fourth-order valence-electron chi connectivity index (χ4n) is 2.08. The Balaban J connectivity index is 1.92. The highest BCUT2D eigenvalue weighted by Crippen LogP contribution is 2.16. The lowest BCUT2D eigenvalue weighted by Crippen LogP contribution is -2.06. The van der Waals surface area contributed by atoms with E-state index in [0.717, 1.165) is 29.0 Å². The van der Waals surface area contributed by atoms with Crippen LogP contribution in [-0.2, 0) is 6.42 Å². The Morgan fingerprint density at radius 1 is 1.05 bits per heavy atom. The van der Waals surface area contributed by atoms with Crippen molar-refractivity contribution in [3.8, 4) is 5.75 Å². The van der Waals surface area contributed by atoms with E-state index in [1.165, 1.54) is 0 Å². The topological polar surface area (TPSA) is 52.3 Å². The van der Waals surface area contributed by atoms with Gasteiger partial charge in [-0.1, -0.05) is 12.1 Å². The van der Waals surface area contributed by atoms with Crippen LogP contribution in [0.5, 0.6) is 5.75 Å². The van der Waals surface area contributed by atoms with E-state index in [1.54, 1.807) is 0 Å². The number of ketones is 1. The lowest BCUT2D eigenvalue weighted by atomic mass is 10.0. The number of anilines is 1. The quantitative estimate of drug-likeness (QED) is 0.646. The molecule has 0 bridgehead atoms. The van der Waals surface area contributed by atoms with Crippen LogP contribution in [0, 0.1) is 0 Å². The summed E-state index contributed by atoms with van der Waals surface area (Å²) in [5, 5.41) is 0. The third-order valence-electron chi connectivity index (χ3n) is 3.17. The van der Waals surface area contributed by atoms with E-state index in [-0.39, 0.29) is 11.9 Å². The maximum absolute atomic E-state index is 12.2. The molecule has 3 nitrogen and oxygen atoms in total. The molecule has 0 aliphatic heterocycles. The van der Waals surface area contributed by atoms with Crippen molar-refractivity contribution in [2.75, 3.05) is 5.73 Å². The Labute approximate surface area is 125 Å². The predicted molar refractivity (Wildman–Crippen MR) is 85.7 cm³/mol. The van der Waals surface area contributed by atoms with Gasteiger partial charge in [-0.05, 0) is 62.2 Å². The van der Waals surface area contributed by atoms with Gasteiger partial charge in [-0.2, -0.15) is 0 Å². The summed E-state index contributed by atoms with van der Waals surface area (Å²) >= 11 is 0. The van der Waals surface area contributed by atoms with Crippen molar-refractivity contribution in [2.24, 2.45) is 0 Å². The SMILES string of the molecule is CC(C)Oc1ccc(C(=O)CCc2ccc(N)cc2)cc1. The molecule has 0 amide bonds. The van der Waals surface area contributed by atoms with Gasteiger partial charge in [0.05, 0.1) is 6.10 Å². The Bertz CT molecular complexity index is 586. The number of carbonyl (C=O) groups excluding carboxylic acids is 1. The minimum Gasteiger partial charge on any atom is -0.491 e. The third-order valence-corrected chi connectivity index (χ3v) is 3.17. The van der Waals surface area contributed by atoms with E-state index in [4.69, 9.17) is 10.5 Å². The number of ether oxygens (including phenoxy) is 1. The van der Waals surface area contributed by atoms with Gasteiger partial charge >= 0.3 is 0 Å². The van der Waals surface area contributed by atoms with Gasteiger partial charge in [0.25, 0.3) is 0 Å². The normalized spacial score (nSPS) is 10.6. The molecule has 0 unspecified atom stereocenters. The second-order valence-corrected chi connectivity index (χ2v) is 5.36. The van der Waals surface area contributed by atoms with Gasteiger partial charge in [0.15, 0.2) is 5.78 Å². The van der Waals surface area contributed by atoms with Crippen molar-refractivity contribution in [3.05, 3.63) is 59.7 Å². The summed E-state index contributed by atoms with van der Waals surface area (Å²) in [5.41, 5.74) is 8.23. The summed E-state index contributed by atoms with van der Waals surface area (Å²) in [6.07, 6.45) is 1.36. The van der Waals surface area contributed by atoms with Gasteiger partial charge in [0.2, 0.25) is 0 Å². The molecule has 110 valence electrons. The van der Waals surface area contributed by atoms with Crippen molar-refractivity contribution < 1.29 is 9.53 Å². The van der Waals surface area contributed by atoms with Gasteiger partial charge in [-0.15, -0.1) is 0 Å². The van der Waals surface area contributed by atoms with Crippen molar-refractivity contribution in [1.82, 2.24) is 0 Å². The molecule has 0 aliphatic carbocycles. The van der Waals surface area contributed by atoms with Crippen LogP contribution in [0.4, 0.5) is 5.69 Å². The first-order chi connectivity index (χ1) is 10.0. The van der Waals surface area contributed by atoms with Crippen LogP contribution < -0.4 is 10.5 Å². The highest BCUT2D eigenvalue weighted by atomic mass is 16.5. The summed E-state index contributed by atoms with van der Waals surface area (Å²) in [4.78, 5) is 12.2. The van der Waals surface area contributed by atoms with Gasteiger partial charge in [0.1, 0.15) is 5.75 Å². The van der Waals surface area contributed by atoms with Gasteiger partial charge in [-0.3, -0.25) is 4.79 Å². The molecule has 0 radical (unpaired) electrons. The van der Waals surface area contributed by atoms with Crippen LogP contribution >= 0.6 is 0 Å². The van der Waals surface area contributed by atoms with Crippen molar-refractivity contribution in [1.29, 1.82) is 0 Å². The minimum atomic E-state index is 0.136. The fraction of sp³-hybridized carbons (Fsp3) is 0.278. The molecule has 0 heterocycles. The number of benzene rings is 2. The van der Waals surface area contributed by atoms with Gasteiger partial charge < -0.3 is 10.5 Å². The summed E-state index contributed by atoms with van der Waals surface area (Å²) in [7, 11) is 0. The molecule has 0 aliphatic rings. The molecule has 2 aromatic rings. The molecule has 0 saturated heterocycles. The Morgan fingerprint density at radius 2 is 1.67 bits per heavy atom. The largest absolute Gasteiger partial charge is 0.491 e. The number of nitrogens with two attached hydrogens (primary N) is 1. The maximum Gasteiger partial charge on any atom is 0.163 e. The van der Waals surface area contributed by atoms with E-state index >= 15 is 0 Å². The molecule has 2 N–H and O–H groups in total. The molecule has 2 rings (SSSR count). The van der Waals surface area contributed by atoms with E-state index in [9.17, 15) is 4.79 Å². The van der Waals surface area contributed by atoms with Gasteiger partial charge in [0, 0.05) is 17.7 Å². The third kappa shape index (κ3) is 4.63. The van der Waals surface area contributed by atoms with Crippen LogP contribution in [0.15, 0.2) is 48.5 Å². The van der Waals surface area contributed by atoms with Crippen LogP contribution in [-0.4, -0.2) is 11.9 Å². The summed E-state index contributed by atoms with van der Waals surface area (Å²) in [6.45, 7) is 3.96. The number of hydrogen-bond donors (Lipinski definition) is 1. The van der Waals surface area contributed by atoms with Crippen LogP contribution in [0.3, 0.4) is 0 Å². The van der Waals surface area contributed by atoms with Crippen molar-refractivity contribution in [2.45, 2.75) is 32.8 Å². The number of Topliss-reactive ketones (excluding diaryl/α,β-unsaturated/α-hetero) is 1. The smallest absolute Gasteiger partial charge is 0.163 e. The van der Waals surface area contributed by atoms with E-state index < -0.39 is 0 Å². The monoisotopic (exact) mass is 283 g/mol. The van der Waals surface area contributed by atoms with Crippen molar-refractivity contribution in [3.63, 3.8) is 0 Å². The second-order valence-electron chi connectivity index (χ2n) is 5.36. The van der Waals surface area contributed by atoms with Crippen LogP contribution in [0.25, 0.3) is 0 Å². The molecular weight excluding hydrogens is 262 g/mol. The average Bonchev–Trinajstić information content (AvgIpc) is 2.46. The molecule has 0 atom stereocenters. The van der Waals surface area contributed by atoms with Crippen LogP contribution in [0.1, 0.15) is 36.2 Å². The first-order valence-corrected chi connectivity index (χ1v) is 7.19. The predicted octanol–water partition coefficient (Wildman–Crippen LogP) is 3.87. The Hall–Kier alpha value is -2.29. The zero-order valence-electron chi connectivity index (χ0n) is 12.5. The molecule has 0 spiro atoms. The Morgan fingerprint density at radius 3 is 2.24 bits per heavy atom. The number of hydrogen-bond acceptors (Lipinski definition) is 3. The second kappa shape index (κ2) is 6.93. The summed E-state index contributed by atoms with van der Waals surface area (Å²) in [6, 6.07) is 15.0. The van der Waals surface area contributed by atoms with Crippen LogP contribution in [0.2, 0.25) is 0 Å². The molecule has 21 heavy (non-hydrogen) atoms. The number of nitrogen functional groups attached to an aromatic ring is 1. The molecular formula is C18H21NO2. The highest BCUT2D eigenvalue weighted by Gasteiger charge is 2.07. The lowest BCUT2D eigenvalue weighted by Gasteiger charge is -2.09. The summed E-state index contributed by atoms with van der Waals surface area (Å²) < 4.78 is 5.57. The molecule has 3 heteroatoms. The van der Waals surface area contributed by atoms with Crippen molar-refractivity contribution >= 4 is 11.5 Å². The lowest BCUT2D eigenvalue weighted by molar-refractivity contribution is 0.0983. The fourth-order valence-corrected chi connectivity index (χ4v) is 2.08. The molecule has 0 saturated carbocycles. The first kappa shape index (κ1) is 15.1. The highest BCUT2D eigenvalue weighted by molar-refractivity contribution is 5.96. The van der Waals surface area contributed by atoms with E-state index in [0.29, 0.717) is 6.42 Å². The zero-order chi connectivity index (χ0) is 15.2. The number of rotatable bonds is 6. The first-order valence-electron chi connectivity index (χ1n) is 7.19. The minimum absolute atomic E-state index is 0.136. The molecule has 0 aromatic heterocycles. The molecule has 0 fully saturated rings. The Kier molecular flexibility index (Phi) is 4.99. The average molecular weight is 283 g/mol. The summed E-state index contributed by atoms with van der Waals surface area (Å²) in [5.74, 6) is 0.933. The molecule has 2 aromatic carbocycles. The zero-order valence-corrected chi connectivity index (χ0v) is 12.5.